The summed E-state index contributed by atoms with van der Waals surface area (Å²) in [5.74, 6) is -0.744. The summed E-state index contributed by atoms with van der Waals surface area (Å²) < 4.78 is 5.00. The number of hydrogen-bond donors (Lipinski definition) is 2. The molecule has 0 fully saturated rings. The van der Waals surface area contributed by atoms with Gasteiger partial charge in [-0.2, -0.15) is 0 Å². The van der Waals surface area contributed by atoms with Gasteiger partial charge in [-0.15, -0.1) is 0 Å². The van der Waals surface area contributed by atoms with Crippen LogP contribution in [0, 0.1) is 0 Å². The molecule has 0 radical (unpaired) electrons. The number of amides is 1. The van der Waals surface area contributed by atoms with E-state index in [0.717, 1.165) is 27.4 Å². The molecule has 0 spiro atoms. The van der Waals surface area contributed by atoms with Gasteiger partial charge < -0.3 is 19.9 Å². The van der Waals surface area contributed by atoms with E-state index in [1.54, 1.807) is 29.2 Å². The average molecular weight is 531 g/mol. The maximum atomic E-state index is 13.8. The van der Waals surface area contributed by atoms with E-state index >= 15 is 0 Å². The third-order valence-electron chi connectivity index (χ3n) is 6.54. The van der Waals surface area contributed by atoms with Crippen molar-refractivity contribution in [2.75, 3.05) is 12.4 Å². The Morgan fingerprint density at radius 2 is 1.78 bits per heavy atom. The largest absolute Gasteiger partial charge is 0.464 e. The van der Waals surface area contributed by atoms with Crippen molar-refractivity contribution in [2.24, 2.45) is 0 Å². The number of ether oxygens (including phenoxy) is 1. The van der Waals surface area contributed by atoms with Gasteiger partial charge in [0.15, 0.2) is 0 Å². The quantitative estimate of drug-likeness (QED) is 0.256. The number of rotatable bonds is 4. The molecule has 2 aromatic heterocycles. The third-order valence-corrected chi connectivity index (χ3v) is 7.28. The second kappa shape index (κ2) is 9.10. The first-order chi connectivity index (χ1) is 17.9. The monoisotopic (exact) mass is 530 g/mol. The van der Waals surface area contributed by atoms with Crippen LogP contribution in [0.4, 0.5) is 5.69 Å². The first-order valence-electron chi connectivity index (χ1n) is 11.5. The SMILES string of the molecule is COC(=O)c1cc2c([nH]c3ccccc32)c(C2Nc3ccccc3C(=O)N2Cc2ccc(Cl)c(Cl)c2)n1. The standard InChI is InChI=1S/C28H20Cl2N4O3/c1-37-28(36)23-13-18-16-6-2-4-8-21(16)31-24(18)25(32-23)26-33-22-9-5-3-7-17(22)27(35)34(26)14-15-10-11-19(29)20(30)12-15/h2-13,26,31,33H,14H2,1H3. The highest BCUT2D eigenvalue weighted by Crippen LogP contribution is 2.38. The van der Waals surface area contributed by atoms with Crippen LogP contribution in [-0.2, 0) is 11.3 Å². The van der Waals surface area contributed by atoms with E-state index < -0.39 is 12.1 Å². The fourth-order valence-corrected chi connectivity index (χ4v) is 5.10. The maximum absolute atomic E-state index is 13.8. The number of nitrogens with zero attached hydrogens (tertiary/aromatic N) is 2. The first-order valence-corrected chi connectivity index (χ1v) is 12.3. The van der Waals surface area contributed by atoms with Crippen molar-refractivity contribution < 1.29 is 14.3 Å². The number of hydrogen-bond acceptors (Lipinski definition) is 5. The molecule has 0 saturated heterocycles. The lowest BCUT2D eigenvalue weighted by molar-refractivity contribution is 0.0593. The molecule has 0 saturated carbocycles. The van der Waals surface area contributed by atoms with Gasteiger partial charge in [-0.25, -0.2) is 9.78 Å². The van der Waals surface area contributed by atoms with Gasteiger partial charge in [0.25, 0.3) is 5.91 Å². The Hall–Kier alpha value is -4.07. The normalized spacial score (nSPS) is 15.1. The number of carbonyl (C=O) groups is 2. The number of aromatic nitrogens is 2. The van der Waals surface area contributed by atoms with Crippen LogP contribution in [0.5, 0.6) is 0 Å². The highest BCUT2D eigenvalue weighted by molar-refractivity contribution is 6.42. The summed E-state index contributed by atoms with van der Waals surface area (Å²) in [6.45, 7) is 0.230. The number of halogens is 2. The molecule has 37 heavy (non-hydrogen) atoms. The van der Waals surface area contributed by atoms with E-state index in [4.69, 9.17) is 32.9 Å². The molecule has 2 N–H and O–H groups in total. The van der Waals surface area contributed by atoms with E-state index in [9.17, 15) is 9.59 Å². The Balaban J connectivity index is 1.58. The number of benzene rings is 3. The van der Waals surface area contributed by atoms with Crippen LogP contribution in [-0.4, -0.2) is 33.9 Å². The number of carbonyl (C=O) groups excluding carboxylic acids is 2. The van der Waals surface area contributed by atoms with E-state index in [2.05, 4.69) is 10.3 Å². The fraction of sp³-hybridized carbons (Fsp3) is 0.107. The van der Waals surface area contributed by atoms with Crippen molar-refractivity contribution in [1.29, 1.82) is 0 Å². The number of fused-ring (bicyclic) bond motifs is 4. The Labute approximate surface area is 222 Å². The van der Waals surface area contributed by atoms with Gasteiger partial charge in [0, 0.05) is 28.5 Å². The van der Waals surface area contributed by atoms with Crippen LogP contribution in [0.15, 0.2) is 72.8 Å². The minimum Gasteiger partial charge on any atom is -0.464 e. The Morgan fingerprint density at radius 3 is 2.59 bits per heavy atom. The number of H-pyrrole nitrogens is 1. The number of para-hydroxylation sites is 2. The van der Waals surface area contributed by atoms with Gasteiger partial charge in [-0.05, 0) is 42.0 Å². The fourth-order valence-electron chi connectivity index (χ4n) is 4.78. The van der Waals surface area contributed by atoms with Crippen LogP contribution >= 0.6 is 23.2 Å². The Kier molecular flexibility index (Phi) is 5.74. The molecule has 9 heteroatoms. The number of methoxy groups -OCH3 is 1. The molecule has 7 nitrogen and oxygen atoms in total. The van der Waals surface area contributed by atoms with Crippen molar-refractivity contribution in [3.8, 4) is 0 Å². The van der Waals surface area contributed by atoms with Gasteiger partial charge in [0.1, 0.15) is 17.6 Å². The number of pyridine rings is 1. The Bertz CT molecular complexity index is 1720. The summed E-state index contributed by atoms with van der Waals surface area (Å²) >= 11 is 12.4. The van der Waals surface area contributed by atoms with Crippen molar-refractivity contribution in [3.05, 3.63) is 105 Å². The molecule has 0 aliphatic carbocycles. The number of anilines is 1. The van der Waals surface area contributed by atoms with Crippen LogP contribution in [0.3, 0.4) is 0 Å². The second-order valence-corrected chi connectivity index (χ2v) is 9.57. The van der Waals surface area contributed by atoms with Crippen molar-refractivity contribution in [3.63, 3.8) is 0 Å². The summed E-state index contributed by atoms with van der Waals surface area (Å²) in [5.41, 5.74) is 4.27. The average Bonchev–Trinajstić information content (AvgIpc) is 3.30. The summed E-state index contributed by atoms with van der Waals surface area (Å²) in [5, 5.41) is 6.05. The molecule has 0 bridgehead atoms. The Morgan fingerprint density at radius 1 is 1.00 bits per heavy atom. The molecule has 3 aromatic carbocycles. The molecular formula is C28H20Cl2N4O3. The first kappa shape index (κ1) is 23.3. The minimum atomic E-state index is -0.697. The van der Waals surface area contributed by atoms with Crippen LogP contribution < -0.4 is 5.32 Å². The number of nitrogens with one attached hydrogen (secondary N) is 2. The van der Waals surface area contributed by atoms with Crippen LogP contribution in [0.25, 0.3) is 21.8 Å². The predicted octanol–water partition coefficient (Wildman–Crippen LogP) is 6.58. The zero-order chi connectivity index (χ0) is 25.7. The topological polar surface area (TPSA) is 87.3 Å². The van der Waals surface area contributed by atoms with E-state index in [1.165, 1.54) is 7.11 Å². The molecule has 3 heterocycles. The molecular weight excluding hydrogens is 511 g/mol. The molecule has 184 valence electrons. The molecule has 1 aliphatic heterocycles. The van der Waals surface area contributed by atoms with Crippen molar-refractivity contribution in [1.82, 2.24) is 14.9 Å². The summed E-state index contributed by atoms with van der Waals surface area (Å²) in [6.07, 6.45) is -0.697. The highest BCUT2D eigenvalue weighted by Gasteiger charge is 2.36. The number of esters is 1. The van der Waals surface area contributed by atoms with E-state index in [0.29, 0.717) is 27.0 Å². The summed E-state index contributed by atoms with van der Waals surface area (Å²) in [7, 11) is 1.32. The molecule has 1 unspecified atom stereocenters. The lowest BCUT2D eigenvalue weighted by atomic mass is 10.0. The predicted molar refractivity (Wildman–Crippen MR) is 144 cm³/mol. The van der Waals surface area contributed by atoms with Crippen molar-refractivity contribution >= 4 is 62.6 Å². The molecule has 1 atom stereocenters. The van der Waals surface area contributed by atoms with Gasteiger partial charge in [0.2, 0.25) is 0 Å². The number of aromatic amines is 1. The molecule has 5 aromatic rings. The van der Waals surface area contributed by atoms with Gasteiger partial charge in [0.05, 0.1) is 28.2 Å². The second-order valence-electron chi connectivity index (χ2n) is 8.75. The van der Waals surface area contributed by atoms with Gasteiger partial charge in [-0.1, -0.05) is 59.6 Å². The lowest BCUT2D eigenvalue weighted by Gasteiger charge is -2.38. The van der Waals surface area contributed by atoms with Crippen LogP contribution in [0.2, 0.25) is 10.0 Å². The molecule has 6 rings (SSSR count). The minimum absolute atomic E-state index is 0.150. The zero-order valence-corrected chi connectivity index (χ0v) is 21.1. The summed E-state index contributed by atoms with van der Waals surface area (Å²) in [4.78, 5) is 36.3. The van der Waals surface area contributed by atoms with E-state index in [-0.39, 0.29) is 18.1 Å². The smallest absolute Gasteiger partial charge is 0.356 e. The molecule has 1 amide bonds. The van der Waals surface area contributed by atoms with Crippen LogP contribution in [0.1, 0.15) is 38.3 Å². The highest BCUT2D eigenvalue weighted by atomic mass is 35.5. The zero-order valence-electron chi connectivity index (χ0n) is 19.6. The lowest BCUT2D eigenvalue weighted by Crippen LogP contribution is -2.43. The third kappa shape index (κ3) is 3.97. The molecule has 1 aliphatic rings. The van der Waals surface area contributed by atoms with E-state index in [1.807, 2.05) is 48.5 Å². The van der Waals surface area contributed by atoms with Gasteiger partial charge >= 0.3 is 5.97 Å². The van der Waals surface area contributed by atoms with Crippen molar-refractivity contribution in [2.45, 2.75) is 12.7 Å². The van der Waals surface area contributed by atoms with Gasteiger partial charge in [-0.3, -0.25) is 4.79 Å². The summed E-state index contributed by atoms with van der Waals surface area (Å²) in [6, 6.07) is 22.1. The maximum Gasteiger partial charge on any atom is 0.356 e.